The number of fused-ring (bicyclic) bond motifs is 1. The number of amides is 2. The van der Waals surface area contributed by atoms with Crippen LogP contribution in [0.5, 0.6) is 0 Å². The summed E-state index contributed by atoms with van der Waals surface area (Å²) < 4.78 is 30.3. The average Bonchev–Trinajstić information content (AvgIpc) is 3.24. The van der Waals surface area contributed by atoms with Crippen molar-refractivity contribution in [3.05, 3.63) is 65.2 Å². The van der Waals surface area contributed by atoms with Gasteiger partial charge in [0, 0.05) is 17.4 Å². The van der Waals surface area contributed by atoms with Gasteiger partial charge < -0.3 is 15.0 Å². The molecule has 0 spiro atoms. The number of carbonyl (C=O) groups excluding carboxylic acids is 2. The van der Waals surface area contributed by atoms with E-state index in [4.69, 9.17) is 4.74 Å². The third-order valence-corrected chi connectivity index (χ3v) is 9.43. The van der Waals surface area contributed by atoms with Gasteiger partial charge in [0.25, 0.3) is 5.91 Å². The molecule has 0 aliphatic carbocycles. The molecule has 0 bridgehead atoms. The molecule has 198 valence electrons. The molecule has 2 amide bonds. The summed E-state index contributed by atoms with van der Waals surface area (Å²) in [4.78, 5) is 32.6. The van der Waals surface area contributed by atoms with Gasteiger partial charge in [0.2, 0.25) is 0 Å². The van der Waals surface area contributed by atoms with Crippen LogP contribution in [0.25, 0.3) is 0 Å². The lowest BCUT2D eigenvalue weighted by Crippen LogP contribution is -2.45. The zero-order valence-electron chi connectivity index (χ0n) is 21.7. The zero-order chi connectivity index (χ0) is 27.0. The molecule has 4 rings (SSSR count). The van der Waals surface area contributed by atoms with Crippen LogP contribution in [0.2, 0.25) is 0 Å². The van der Waals surface area contributed by atoms with Crippen LogP contribution in [-0.4, -0.2) is 60.0 Å². The molecule has 0 aromatic heterocycles. The molecule has 2 aliphatic rings. The largest absolute Gasteiger partial charge is 0.444 e. The number of aryl methyl sites for hydroxylation is 2. The van der Waals surface area contributed by atoms with Crippen molar-refractivity contribution in [2.45, 2.75) is 64.0 Å². The number of thioether (sulfide) groups is 1. The molecule has 2 saturated heterocycles. The van der Waals surface area contributed by atoms with Crippen molar-refractivity contribution in [1.29, 1.82) is 0 Å². The Bertz CT molecular complexity index is 1300. The summed E-state index contributed by atoms with van der Waals surface area (Å²) in [6.07, 6.45) is -0.457. The van der Waals surface area contributed by atoms with Gasteiger partial charge >= 0.3 is 6.09 Å². The summed E-state index contributed by atoms with van der Waals surface area (Å²) in [5.74, 6) is -0.466. The third kappa shape index (κ3) is 6.54. The quantitative estimate of drug-likeness (QED) is 0.607. The van der Waals surface area contributed by atoms with E-state index in [1.165, 1.54) is 11.8 Å². The van der Waals surface area contributed by atoms with Gasteiger partial charge in [-0.25, -0.2) is 13.2 Å². The summed E-state index contributed by atoms with van der Waals surface area (Å²) in [5.41, 5.74) is 2.95. The Hall–Kier alpha value is -2.85. The molecule has 2 fully saturated rings. The first-order valence-corrected chi connectivity index (χ1v) is 14.9. The molecule has 2 aromatic carbocycles. The predicted molar refractivity (Wildman–Crippen MR) is 148 cm³/mol. The lowest BCUT2D eigenvalue weighted by atomic mass is 10.1. The highest BCUT2D eigenvalue weighted by atomic mass is 32.2. The molecule has 0 radical (unpaired) electrons. The highest BCUT2D eigenvalue weighted by Gasteiger charge is 2.50. The number of benzene rings is 2. The summed E-state index contributed by atoms with van der Waals surface area (Å²) in [6, 6.07) is 14.0. The monoisotopic (exact) mass is 543 g/mol. The van der Waals surface area contributed by atoms with Gasteiger partial charge in [-0.2, -0.15) is 4.99 Å². The van der Waals surface area contributed by atoms with Crippen molar-refractivity contribution < 1.29 is 22.7 Å². The summed E-state index contributed by atoms with van der Waals surface area (Å²) in [6.45, 7) is 9.19. The maximum Gasteiger partial charge on any atom is 0.408 e. The smallest absolute Gasteiger partial charge is 0.408 e. The molecule has 2 aromatic rings. The second kappa shape index (κ2) is 10.5. The molecule has 3 atom stereocenters. The number of aliphatic imine (C=N–C) groups is 1. The highest BCUT2D eigenvalue weighted by Crippen LogP contribution is 2.43. The van der Waals surface area contributed by atoms with Crippen LogP contribution in [0.4, 0.5) is 10.5 Å². The van der Waals surface area contributed by atoms with Crippen molar-refractivity contribution in [2.75, 3.05) is 16.4 Å². The summed E-state index contributed by atoms with van der Waals surface area (Å²) >= 11 is 1.32. The van der Waals surface area contributed by atoms with Gasteiger partial charge in [-0.1, -0.05) is 60.3 Å². The molecule has 10 heteroatoms. The fourth-order valence-electron chi connectivity index (χ4n) is 4.68. The minimum Gasteiger partial charge on any atom is -0.444 e. The minimum absolute atomic E-state index is 0.00918. The number of ether oxygens (including phenoxy) is 1. The Morgan fingerprint density at radius 1 is 1.08 bits per heavy atom. The van der Waals surface area contributed by atoms with Crippen LogP contribution in [0.1, 0.15) is 37.5 Å². The van der Waals surface area contributed by atoms with Crippen molar-refractivity contribution in [1.82, 2.24) is 5.32 Å². The number of alkyl carbamates (subject to hydrolysis) is 1. The van der Waals surface area contributed by atoms with E-state index in [9.17, 15) is 18.0 Å². The molecule has 0 unspecified atom stereocenters. The second-order valence-electron chi connectivity index (χ2n) is 10.5. The van der Waals surface area contributed by atoms with E-state index >= 15 is 0 Å². The first-order valence-electron chi connectivity index (χ1n) is 12.2. The lowest BCUT2D eigenvalue weighted by Gasteiger charge is -2.28. The standard InChI is InChI=1S/C27H33N3O5S2/c1-17-10-9-11-18(2)23(17)30-21-15-37(33,34)16-22(21)36-25(30)29-24(31)20(14-19-12-7-6-8-13-19)28-26(32)35-27(3,4)5/h6-13,20-22H,14-16H2,1-5H3,(H,28,32)/t20-,21+,22+/m1/s1. The van der Waals surface area contributed by atoms with Crippen LogP contribution < -0.4 is 10.2 Å². The third-order valence-electron chi connectivity index (χ3n) is 6.22. The van der Waals surface area contributed by atoms with E-state index in [2.05, 4.69) is 10.3 Å². The number of sulfone groups is 1. The summed E-state index contributed by atoms with van der Waals surface area (Å²) in [5, 5.41) is 2.93. The van der Waals surface area contributed by atoms with E-state index in [0.29, 0.717) is 5.17 Å². The van der Waals surface area contributed by atoms with E-state index in [1.54, 1.807) is 20.8 Å². The van der Waals surface area contributed by atoms with E-state index in [-0.39, 0.29) is 29.2 Å². The predicted octanol–water partition coefficient (Wildman–Crippen LogP) is 4.04. The Kier molecular flexibility index (Phi) is 7.71. The van der Waals surface area contributed by atoms with Gasteiger partial charge in [0.05, 0.1) is 17.5 Å². The van der Waals surface area contributed by atoms with Gasteiger partial charge in [-0.15, -0.1) is 0 Å². The minimum atomic E-state index is -3.19. The molecule has 2 heterocycles. The van der Waals surface area contributed by atoms with Gasteiger partial charge in [-0.3, -0.25) is 4.79 Å². The molecule has 37 heavy (non-hydrogen) atoms. The number of carbonyl (C=O) groups is 2. The van der Waals surface area contributed by atoms with Crippen LogP contribution in [0.15, 0.2) is 53.5 Å². The molecule has 1 N–H and O–H groups in total. The highest BCUT2D eigenvalue weighted by molar-refractivity contribution is 8.16. The fourth-order valence-corrected chi connectivity index (χ4v) is 8.59. The van der Waals surface area contributed by atoms with E-state index in [0.717, 1.165) is 22.4 Å². The van der Waals surface area contributed by atoms with Crippen LogP contribution in [0.3, 0.4) is 0 Å². The molecular formula is C27H33N3O5S2. The average molecular weight is 544 g/mol. The second-order valence-corrected chi connectivity index (χ2v) is 13.9. The number of hydrogen-bond donors (Lipinski definition) is 1. The fraction of sp³-hybridized carbons (Fsp3) is 0.444. The first-order chi connectivity index (χ1) is 17.3. The number of nitrogens with zero attached hydrogens (tertiary/aromatic N) is 2. The van der Waals surface area contributed by atoms with Crippen LogP contribution in [-0.2, 0) is 25.8 Å². The van der Waals surface area contributed by atoms with Crippen molar-refractivity contribution in [3.8, 4) is 0 Å². The maximum atomic E-state index is 13.6. The van der Waals surface area contributed by atoms with Gasteiger partial charge in [0.1, 0.15) is 11.6 Å². The topological polar surface area (TPSA) is 105 Å². The van der Waals surface area contributed by atoms with E-state index in [1.807, 2.05) is 67.3 Å². The number of rotatable bonds is 5. The number of para-hydroxylation sites is 1. The summed E-state index contributed by atoms with van der Waals surface area (Å²) in [7, 11) is -3.19. The lowest BCUT2D eigenvalue weighted by molar-refractivity contribution is -0.119. The van der Waals surface area contributed by atoms with Crippen molar-refractivity contribution in [2.24, 2.45) is 4.99 Å². The van der Waals surface area contributed by atoms with E-state index < -0.39 is 33.5 Å². The number of hydrogen-bond acceptors (Lipinski definition) is 6. The molecule has 8 nitrogen and oxygen atoms in total. The zero-order valence-corrected chi connectivity index (χ0v) is 23.4. The number of amidine groups is 1. The Balaban J connectivity index is 1.69. The molecule has 0 saturated carbocycles. The Labute approximate surface area is 222 Å². The van der Waals surface area contributed by atoms with Gasteiger partial charge in [-0.05, 0) is 51.3 Å². The number of anilines is 1. The normalized spacial score (nSPS) is 22.5. The van der Waals surface area contributed by atoms with Crippen molar-refractivity contribution in [3.63, 3.8) is 0 Å². The van der Waals surface area contributed by atoms with Crippen LogP contribution >= 0.6 is 11.8 Å². The number of nitrogens with one attached hydrogen (secondary N) is 1. The first kappa shape index (κ1) is 27.2. The van der Waals surface area contributed by atoms with Gasteiger partial charge in [0.15, 0.2) is 15.0 Å². The Morgan fingerprint density at radius 2 is 1.73 bits per heavy atom. The Morgan fingerprint density at radius 3 is 2.35 bits per heavy atom. The van der Waals surface area contributed by atoms with Crippen LogP contribution in [0, 0.1) is 13.8 Å². The SMILES string of the molecule is Cc1cccc(C)c1N1C(=NC(=O)[C@@H](Cc2ccccc2)NC(=O)OC(C)(C)C)S[C@H]2CS(=O)(=O)C[C@@H]21. The maximum absolute atomic E-state index is 13.6. The molecule has 2 aliphatic heterocycles. The molecular weight excluding hydrogens is 510 g/mol. The van der Waals surface area contributed by atoms with Crippen molar-refractivity contribution >= 4 is 44.5 Å².